The van der Waals surface area contributed by atoms with Crippen LogP contribution in [-0.4, -0.2) is 11.9 Å². The molecule has 0 saturated heterocycles. The van der Waals surface area contributed by atoms with Gasteiger partial charge in [-0.25, -0.2) is 4.39 Å². The summed E-state index contributed by atoms with van der Waals surface area (Å²) < 4.78 is 13.4. The Balaban J connectivity index is 1.99. The Morgan fingerprint density at radius 2 is 2.27 bits per heavy atom. The molecule has 1 aromatic rings. The number of carbonyl (C=O) groups is 1. The Morgan fingerprint density at radius 1 is 1.53 bits per heavy atom. The summed E-state index contributed by atoms with van der Waals surface area (Å²) in [6, 6.07) is 4.74. The zero-order valence-corrected chi connectivity index (χ0v) is 9.68. The number of carbonyl (C=O) groups excluding carboxylic acids is 1. The Labute approximate surface area is 96.0 Å². The third kappa shape index (κ3) is 3.02. The third-order valence-electron chi connectivity index (χ3n) is 2.31. The Kier molecular flexibility index (Phi) is 3.05. The lowest BCUT2D eigenvalue weighted by atomic mass is 10.1. The number of rotatable bonds is 3. The Bertz CT molecular complexity index is 390. The zero-order chi connectivity index (χ0) is 10.8. The summed E-state index contributed by atoms with van der Waals surface area (Å²) in [5.74, 6) is -0.293. The number of benzene rings is 1. The second kappa shape index (κ2) is 4.31. The summed E-state index contributed by atoms with van der Waals surface area (Å²) in [5, 5.41) is 2.89. The van der Waals surface area contributed by atoms with Crippen molar-refractivity contribution in [1.29, 1.82) is 0 Å². The van der Waals surface area contributed by atoms with Crippen molar-refractivity contribution >= 4 is 21.8 Å². The molecule has 0 unspecified atom stereocenters. The number of amides is 1. The molecule has 1 amide bonds. The molecule has 1 aliphatic carbocycles. The molecule has 1 fully saturated rings. The fourth-order valence-corrected chi connectivity index (χ4v) is 1.84. The zero-order valence-electron chi connectivity index (χ0n) is 8.09. The Morgan fingerprint density at radius 3 is 2.87 bits per heavy atom. The van der Waals surface area contributed by atoms with Crippen LogP contribution >= 0.6 is 15.9 Å². The van der Waals surface area contributed by atoms with Crippen LogP contribution in [0.1, 0.15) is 18.4 Å². The summed E-state index contributed by atoms with van der Waals surface area (Å²) in [6.45, 7) is 0. The molecule has 0 bridgehead atoms. The lowest BCUT2D eigenvalue weighted by Crippen LogP contribution is -2.27. The largest absolute Gasteiger partial charge is 0.353 e. The van der Waals surface area contributed by atoms with E-state index in [4.69, 9.17) is 0 Å². The van der Waals surface area contributed by atoms with Crippen molar-refractivity contribution in [3.63, 3.8) is 0 Å². The highest BCUT2D eigenvalue weighted by atomic mass is 79.9. The van der Waals surface area contributed by atoms with Gasteiger partial charge in [-0.05, 0) is 30.5 Å². The maximum absolute atomic E-state index is 12.8. The summed E-state index contributed by atoms with van der Waals surface area (Å²) in [5.41, 5.74) is 0.814. The van der Waals surface area contributed by atoms with Crippen LogP contribution in [0.3, 0.4) is 0 Å². The maximum Gasteiger partial charge on any atom is 0.224 e. The molecule has 1 aliphatic rings. The van der Waals surface area contributed by atoms with E-state index in [1.165, 1.54) is 12.1 Å². The summed E-state index contributed by atoms with van der Waals surface area (Å²) in [6.07, 6.45) is 2.46. The first kappa shape index (κ1) is 10.6. The molecule has 4 heteroatoms. The molecule has 1 aromatic carbocycles. The maximum atomic E-state index is 12.8. The van der Waals surface area contributed by atoms with Crippen LogP contribution in [0.25, 0.3) is 0 Å². The smallest absolute Gasteiger partial charge is 0.224 e. The van der Waals surface area contributed by atoms with Gasteiger partial charge in [-0.2, -0.15) is 0 Å². The van der Waals surface area contributed by atoms with Crippen molar-refractivity contribution in [2.75, 3.05) is 0 Å². The highest BCUT2D eigenvalue weighted by Gasteiger charge is 2.23. The van der Waals surface area contributed by atoms with Gasteiger partial charge in [0.15, 0.2) is 0 Å². The first-order valence-corrected chi connectivity index (χ1v) is 5.68. The van der Waals surface area contributed by atoms with Crippen LogP contribution < -0.4 is 5.32 Å². The van der Waals surface area contributed by atoms with Crippen LogP contribution in [0.2, 0.25) is 0 Å². The normalized spacial score (nSPS) is 15.1. The van der Waals surface area contributed by atoms with Gasteiger partial charge in [0.05, 0.1) is 6.42 Å². The quantitative estimate of drug-likeness (QED) is 0.899. The topological polar surface area (TPSA) is 29.1 Å². The first-order chi connectivity index (χ1) is 7.15. The van der Waals surface area contributed by atoms with Gasteiger partial charge >= 0.3 is 0 Å². The molecule has 80 valence electrons. The van der Waals surface area contributed by atoms with E-state index >= 15 is 0 Å². The highest BCUT2D eigenvalue weighted by Crippen LogP contribution is 2.21. The van der Waals surface area contributed by atoms with E-state index in [0.29, 0.717) is 16.9 Å². The molecule has 2 nitrogen and oxygen atoms in total. The Hall–Kier alpha value is -0.900. The molecule has 0 heterocycles. The molecule has 0 radical (unpaired) electrons. The molecule has 0 spiro atoms. The fraction of sp³-hybridized carbons (Fsp3) is 0.364. The molecular formula is C11H11BrFNO. The molecule has 1 saturated carbocycles. The van der Waals surface area contributed by atoms with Crippen molar-refractivity contribution in [2.45, 2.75) is 25.3 Å². The van der Waals surface area contributed by atoms with Crippen molar-refractivity contribution in [2.24, 2.45) is 0 Å². The van der Waals surface area contributed by atoms with Gasteiger partial charge in [0.1, 0.15) is 5.82 Å². The predicted molar refractivity (Wildman–Crippen MR) is 59.0 cm³/mol. The van der Waals surface area contributed by atoms with E-state index in [2.05, 4.69) is 21.2 Å². The molecule has 0 atom stereocenters. The minimum Gasteiger partial charge on any atom is -0.353 e. The van der Waals surface area contributed by atoms with E-state index in [-0.39, 0.29) is 11.7 Å². The van der Waals surface area contributed by atoms with Crippen LogP contribution in [-0.2, 0) is 11.2 Å². The van der Waals surface area contributed by atoms with E-state index in [1.54, 1.807) is 6.07 Å². The van der Waals surface area contributed by atoms with Crippen molar-refractivity contribution in [3.05, 3.63) is 34.1 Å². The van der Waals surface area contributed by atoms with Gasteiger partial charge in [-0.1, -0.05) is 22.0 Å². The van der Waals surface area contributed by atoms with Gasteiger partial charge in [-0.15, -0.1) is 0 Å². The van der Waals surface area contributed by atoms with E-state index in [0.717, 1.165) is 18.4 Å². The minimum absolute atomic E-state index is 0.00445. The summed E-state index contributed by atoms with van der Waals surface area (Å²) >= 11 is 3.24. The van der Waals surface area contributed by atoms with Gasteiger partial charge in [0.2, 0.25) is 5.91 Å². The van der Waals surface area contributed by atoms with Crippen LogP contribution in [0, 0.1) is 5.82 Å². The van der Waals surface area contributed by atoms with Crippen molar-refractivity contribution in [3.8, 4) is 0 Å². The average molecular weight is 272 g/mol. The first-order valence-electron chi connectivity index (χ1n) is 4.88. The second-order valence-corrected chi connectivity index (χ2v) is 4.61. The van der Waals surface area contributed by atoms with Crippen molar-refractivity contribution in [1.82, 2.24) is 5.32 Å². The van der Waals surface area contributed by atoms with Gasteiger partial charge in [0, 0.05) is 10.5 Å². The van der Waals surface area contributed by atoms with Gasteiger partial charge in [-0.3, -0.25) is 4.79 Å². The van der Waals surface area contributed by atoms with E-state index in [1.807, 2.05) is 0 Å². The monoisotopic (exact) mass is 271 g/mol. The van der Waals surface area contributed by atoms with Gasteiger partial charge < -0.3 is 5.32 Å². The molecule has 0 aliphatic heterocycles. The van der Waals surface area contributed by atoms with Crippen molar-refractivity contribution < 1.29 is 9.18 Å². The molecule has 0 aromatic heterocycles. The lowest BCUT2D eigenvalue weighted by Gasteiger charge is -2.05. The number of hydrogen-bond acceptors (Lipinski definition) is 1. The highest BCUT2D eigenvalue weighted by molar-refractivity contribution is 9.10. The molecule has 1 N–H and O–H groups in total. The minimum atomic E-state index is -0.298. The third-order valence-corrected chi connectivity index (χ3v) is 3.05. The summed E-state index contributed by atoms with van der Waals surface area (Å²) in [4.78, 5) is 11.5. The standard InChI is InChI=1S/C11H11BrFNO/c12-10-6-8(13)2-1-7(10)5-11(15)14-9-3-4-9/h1-2,6,9H,3-5H2,(H,14,15). The fourth-order valence-electron chi connectivity index (χ4n) is 1.34. The van der Waals surface area contributed by atoms with E-state index < -0.39 is 0 Å². The molecule has 15 heavy (non-hydrogen) atoms. The molecule has 2 rings (SSSR count). The van der Waals surface area contributed by atoms with Gasteiger partial charge in [0.25, 0.3) is 0 Å². The molecular weight excluding hydrogens is 261 g/mol. The average Bonchev–Trinajstić information content (AvgIpc) is 2.94. The number of halogens is 2. The number of nitrogens with one attached hydrogen (secondary N) is 1. The van der Waals surface area contributed by atoms with Crippen LogP contribution in [0.15, 0.2) is 22.7 Å². The number of hydrogen-bond donors (Lipinski definition) is 1. The second-order valence-electron chi connectivity index (χ2n) is 3.75. The van der Waals surface area contributed by atoms with Crippen LogP contribution in [0.4, 0.5) is 4.39 Å². The predicted octanol–water partition coefficient (Wildman–Crippen LogP) is 2.41. The lowest BCUT2D eigenvalue weighted by molar-refractivity contribution is -0.120. The SMILES string of the molecule is O=C(Cc1ccc(F)cc1Br)NC1CC1. The summed E-state index contributed by atoms with van der Waals surface area (Å²) in [7, 11) is 0. The van der Waals surface area contributed by atoms with E-state index in [9.17, 15) is 9.18 Å². The van der Waals surface area contributed by atoms with Crippen LogP contribution in [0.5, 0.6) is 0 Å².